The van der Waals surface area contributed by atoms with Gasteiger partial charge in [0.25, 0.3) is 0 Å². The van der Waals surface area contributed by atoms with Crippen molar-refractivity contribution in [1.82, 2.24) is 4.90 Å². The molecule has 1 N–H and O–H groups in total. The lowest BCUT2D eigenvalue weighted by atomic mass is 10.1. The maximum atomic E-state index is 10.5. The van der Waals surface area contributed by atoms with Gasteiger partial charge >= 0.3 is 0 Å². The van der Waals surface area contributed by atoms with E-state index in [-0.39, 0.29) is 6.10 Å². The van der Waals surface area contributed by atoms with Crippen molar-refractivity contribution in [1.29, 1.82) is 0 Å². The van der Waals surface area contributed by atoms with Crippen LogP contribution in [0.4, 0.5) is 5.69 Å². The first kappa shape index (κ1) is 15.5. The fourth-order valence-corrected chi connectivity index (χ4v) is 4.13. The molecule has 0 unspecified atom stereocenters. The van der Waals surface area contributed by atoms with Crippen molar-refractivity contribution in [3.05, 3.63) is 51.7 Å². The summed E-state index contributed by atoms with van der Waals surface area (Å²) in [7, 11) is 0. The van der Waals surface area contributed by atoms with Crippen LogP contribution < -0.4 is 4.90 Å². The van der Waals surface area contributed by atoms with Crippen molar-refractivity contribution in [2.24, 2.45) is 0 Å². The van der Waals surface area contributed by atoms with E-state index in [1.54, 1.807) is 11.3 Å². The van der Waals surface area contributed by atoms with Crippen LogP contribution in [0.1, 0.15) is 21.4 Å². The van der Waals surface area contributed by atoms with E-state index in [0.717, 1.165) is 38.3 Å². The lowest BCUT2D eigenvalue weighted by molar-refractivity contribution is 0.109. The molecule has 1 aliphatic rings. The van der Waals surface area contributed by atoms with Crippen LogP contribution in [0, 0.1) is 13.8 Å². The molecule has 4 heteroatoms. The molecule has 1 atom stereocenters. The molecule has 3 rings (SSSR count). The fourth-order valence-electron chi connectivity index (χ4n) is 3.15. The Balaban J connectivity index is 1.55. The predicted octanol–water partition coefficient (Wildman–Crippen LogP) is 3.22. The van der Waals surface area contributed by atoms with Crippen LogP contribution in [0.3, 0.4) is 0 Å². The number of nitrogens with zero attached hydrogens (tertiary/aromatic N) is 2. The first-order valence-corrected chi connectivity index (χ1v) is 8.72. The normalized spacial score (nSPS) is 17.7. The Morgan fingerprint density at radius 1 is 1.09 bits per heavy atom. The second-order valence-electron chi connectivity index (χ2n) is 6.01. The SMILES string of the molecule is Cc1cc([C@@H](O)CN2CCN(c3ccccc3)CC2)c(C)s1. The van der Waals surface area contributed by atoms with Gasteiger partial charge in [0, 0.05) is 48.2 Å². The van der Waals surface area contributed by atoms with Gasteiger partial charge < -0.3 is 10.0 Å². The van der Waals surface area contributed by atoms with Gasteiger partial charge in [-0.2, -0.15) is 0 Å². The highest BCUT2D eigenvalue weighted by molar-refractivity contribution is 7.12. The standard InChI is InChI=1S/C18H24N2OS/c1-14-12-17(15(2)22-14)18(21)13-19-8-10-20(11-9-19)16-6-4-3-5-7-16/h3-7,12,18,21H,8-11,13H2,1-2H3/t18-/m0/s1. The minimum Gasteiger partial charge on any atom is -0.387 e. The lowest BCUT2D eigenvalue weighted by Crippen LogP contribution is -2.47. The molecule has 0 spiro atoms. The molecule has 1 aromatic carbocycles. The Kier molecular flexibility index (Phi) is 4.81. The lowest BCUT2D eigenvalue weighted by Gasteiger charge is -2.37. The van der Waals surface area contributed by atoms with Gasteiger partial charge in [0.15, 0.2) is 0 Å². The summed E-state index contributed by atoms with van der Waals surface area (Å²) in [6.07, 6.45) is -0.367. The van der Waals surface area contributed by atoms with Crippen molar-refractivity contribution in [2.75, 3.05) is 37.6 Å². The Morgan fingerprint density at radius 2 is 1.77 bits per heavy atom. The number of piperazine rings is 1. The highest BCUT2D eigenvalue weighted by Gasteiger charge is 2.21. The molecule has 22 heavy (non-hydrogen) atoms. The quantitative estimate of drug-likeness (QED) is 0.938. The summed E-state index contributed by atoms with van der Waals surface area (Å²) in [4.78, 5) is 7.31. The second-order valence-corrected chi connectivity index (χ2v) is 7.47. The molecule has 1 aliphatic heterocycles. The van der Waals surface area contributed by atoms with Crippen molar-refractivity contribution in [3.8, 4) is 0 Å². The Bertz CT molecular complexity index is 603. The van der Waals surface area contributed by atoms with E-state index in [4.69, 9.17) is 0 Å². The van der Waals surface area contributed by atoms with Crippen LogP contribution in [0.5, 0.6) is 0 Å². The average molecular weight is 316 g/mol. The number of benzene rings is 1. The van der Waals surface area contributed by atoms with Gasteiger partial charge in [-0.1, -0.05) is 18.2 Å². The van der Waals surface area contributed by atoms with Gasteiger partial charge in [-0.25, -0.2) is 0 Å². The monoisotopic (exact) mass is 316 g/mol. The largest absolute Gasteiger partial charge is 0.387 e. The maximum Gasteiger partial charge on any atom is 0.0927 e. The number of aryl methyl sites for hydroxylation is 2. The van der Waals surface area contributed by atoms with Crippen LogP contribution in [0.2, 0.25) is 0 Å². The minimum atomic E-state index is -0.367. The summed E-state index contributed by atoms with van der Waals surface area (Å²) in [5.74, 6) is 0. The topological polar surface area (TPSA) is 26.7 Å². The van der Waals surface area contributed by atoms with Crippen LogP contribution in [0.25, 0.3) is 0 Å². The fraction of sp³-hybridized carbons (Fsp3) is 0.444. The van der Waals surface area contributed by atoms with Crippen molar-refractivity contribution in [3.63, 3.8) is 0 Å². The second kappa shape index (κ2) is 6.82. The number of β-amino-alcohol motifs (C(OH)–C–C–N with tert-alkyl or cyclic N) is 1. The molecule has 1 saturated heterocycles. The van der Waals surface area contributed by atoms with E-state index in [1.165, 1.54) is 15.4 Å². The molecule has 0 aliphatic carbocycles. The van der Waals surface area contributed by atoms with Gasteiger partial charge in [-0.05, 0) is 37.6 Å². The van der Waals surface area contributed by atoms with Crippen molar-refractivity contribution >= 4 is 17.0 Å². The molecule has 2 heterocycles. The molecular formula is C18H24N2OS. The van der Waals surface area contributed by atoms with Gasteiger partial charge in [0.1, 0.15) is 0 Å². The summed E-state index contributed by atoms with van der Waals surface area (Å²) >= 11 is 1.77. The number of hydrogen-bond donors (Lipinski definition) is 1. The molecule has 3 nitrogen and oxygen atoms in total. The van der Waals surface area contributed by atoms with Gasteiger partial charge in [-0.3, -0.25) is 4.90 Å². The molecular weight excluding hydrogens is 292 g/mol. The number of aliphatic hydroxyl groups excluding tert-OH is 1. The van der Waals surface area contributed by atoms with Gasteiger partial charge in [-0.15, -0.1) is 11.3 Å². The minimum absolute atomic E-state index is 0.367. The van der Waals surface area contributed by atoms with Gasteiger partial charge in [0.2, 0.25) is 0 Å². The summed E-state index contributed by atoms with van der Waals surface area (Å²) in [5, 5.41) is 10.5. The summed E-state index contributed by atoms with van der Waals surface area (Å²) < 4.78 is 0. The first-order chi connectivity index (χ1) is 10.6. The van der Waals surface area contributed by atoms with E-state index in [1.807, 2.05) is 0 Å². The van der Waals surface area contributed by atoms with E-state index in [2.05, 4.69) is 60.0 Å². The third-order valence-electron chi connectivity index (χ3n) is 4.36. The molecule has 0 radical (unpaired) electrons. The number of hydrogen-bond acceptors (Lipinski definition) is 4. The zero-order valence-electron chi connectivity index (χ0n) is 13.3. The number of rotatable bonds is 4. The molecule has 1 aromatic heterocycles. The van der Waals surface area contributed by atoms with Crippen LogP contribution in [-0.4, -0.2) is 42.7 Å². The number of para-hydroxylation sites is 1. The first-order valence-electron chi connectivity index (χ1n) is 7.91. The van der Waals surface area contributed by atoms with Crippen LogP contribution in [0.15, 0.2) is 36.4 Å². The third kappa shape index (κ3) is 3.51. The number of anilines is 1. The summed E-state index contributed by atoms with van der Waals surface area (Å²) in [6.45, 7) is 9.01. The Morgan fingerprint density at radius 3 is 2.36 bits per heavy atom. The molecule has 0 bridgehead atoms. The Labute approximate surface area is 136 Å². The summed E-state index contributed by atoms with van der Waals surface area (Å²) in [6, 6.07) is 12.7. The smallest absolute Gasteiger partial charge is 0.0927 e. The molecule has 0 amide bonds. The Hall–Kier alpha value is -1.36. The third-order valence-corrected chi connectivity index (χ3v) is 5.34. The molecule has 1 fully saturated rings. The van der Waals surface area contributed by atoms with E-state index < -0.39 is 0 Å². The van der Waals surface area contributed by atoms with Crippen LogP contribution >= 0.6 is 11.3 Å². The number of thiophene rings is 1. The maximum absolute atomic E-state index is 10.5. The van der Waals surface area contributed by atoms with Crippen molar-refractivity contribution < 1.29 is 5.11 Å². The zero-order chi connectivity index (χ0) is 15.5. The average Bonchev–Trinajstić information content (AvgIpc) is 2.88. The zero-order valence-corrected chi connectivity index (χ0v) is 14.1. The highest BCUT2D eigenvalue weighted by atomic mass is 32.1. The molecule has 118 valence electrons. The highest BCUT2D eigenvalue weighted by Crippen LogP contribution is 2.27. The van der Waals surface area contributed by atoms with E-state index in [0.29, 0.717) is 0 Å². The van der Waals surface area contributed by atoms with Crippen LogP contribution in [-0.2, 0) is 0 Å². The molecule has 0 saturated carbocycles. The predicted molar refractivity (Wildman–Crippen MR) is 93.8 cm³/mol. The number of aliphatic hydroxyl groups is 1. The summed E-state index contributed by atoms with van der Waals surface area (Å²) in [5.41, 5.74) is 2.40. The van der Waals surface area contributed by atoms with E-state index >= 15 is 0 Å². The molecule has 2 aromatic rings. The van der Waals surface area contributed by atoms with E-state index in [9.17, 15) is 5.11 Å². The van der Waals surface area contributed by atoms with Gasteiger partial charge in [0.05, 0.1) is 6.10 Å². The van der Waals surface area contributed by atoms with Crippen molar-refractivity contribution in [2.45, 2.75) is 20.0 Å².